The molecule has 0 radical (unpaired) electrons. The number of carbonyl (C=O) groups excluding carboxylic acids is 1. The van der Waals surface area contributed by atoms with Gasteiger partial charge in [-0.2, -0.15) is 0 Å². The summed E-state index contributed by atoms with van der Waals surface area (Å²) in [7, 11) is -3.15. The second-order valence-corrected chi connectivity index (χ2v) is 8.66. The largest absolute Gasteiger partial charge is 0.329 e. The van der Waals surface area contributed by atoms with Crippen molar-refractivity contribution in [1.82, 2.24) is 13.9 Å². The Morgan fingerprint density at radius 1 is 1.15 bits per heavy atom. The molecule has 0 aliphatic carbocycles. The normalized spacial score (nSPS) is 16.6. The van der Waals surface area contributed by atoms with Crippen LogP contribution in [0.1, 0.15) is 40.9 Å². The first-order valence-electron chi connectivity index (χ1n) is 8.64. The van der Waals surface area contributed by atoms with Crippen LogP contribution in [0.25, 0.3) is 0 Å². The highest BCUT2D eigenvalue weighted by Gasteiger charge is 2.29. The van der Waals surface area contributed by atoms with Crippen molar-refractivity contribution in [3.63, 3.8) is 0 Å². The molecule has 0 bridgehead atoms. The number of aryl methyl sites for hydroxylation is 1. The van der Waals surface area contributed by atoms with E-state index in [0.29, 0.717) is 31.6 Å². The summed E-state index contributed by atoms with van der Waals surface area (Å²) < 4.78 is 26.9. The first-order chi connectivity index (χ1) is 12.3. The zero-order valence-corrected chi connectivity index (χ0v) is 16.1. The number of hydrogen-bond acceptors (Lipinski definition) is 4. The maximum atomic E-state index is 12.6. The molecular formula is C18H24N4O3S. The Morgan fingerprint density at radius 2 is 1.77 bits per heavy atom. The Bertz CT molecular complexity index is 898. The van der Waals surface area contributed by atoms with Crippen LogP contribution < -0.4 is 5.32 Å². The Balaban J connectivity index is 1.77. The molecule has 1 aliphatic rings. The molecule has 0 spiro atoms. The third-order valence-electron chi connectivity index (χ3n) is 4.83. The number of benzene rings is 1. The maximum Gasteiger partial charge on any atom is 0.276 e. The van der Waals surface area contributed by atoms with Gasteiger partial charge in [-0.25, -0.2) is 17.7 Å². The van der Waals surface area contributed by atoms with Gasteiger partial charge in [-0.15, -0.1) is 0 Å². The summed E-state index contributed by atoms with van der Waals surface area (Å²) in [4.78, 5) is 17.1. The van der Waals surface area contributed by atoms with Crippen molar-refractivity contribution in [2.24, 2.45) is 0 Å². The monoisotopic (exact) mass is 376 g/mol. The molecule has 1 amide bonds. The number of rotatable bonds is 4. The maximum absolute atomic E-state index is 12.6. The Kier molecular flexibility index (Phi) is 5.15. The lowest BCUT2D eigenvalue weighted by atomic mass is 10.1. The topological polar surface area (TPSA) is 84.3 Å². The lowest BCUT2D eigenvalue weighted by molar-refractivity contribution is 0.102. The van der Waals surface area contributed by atoms with Gasteiger partial charge in [-0.1, -0.05) is 18.2 Å². The van der Waals surface area contributed by atoms with E-state index in [1.165, 1.54) is 10.6 Å². The van der Waals surface area contributed by atoms with Crippen LogP contribution in [-0.4, -0.2) is 47.5 Å². The molecule has 3 rings (SSSR count). The number of nitrogens with zero attached hydrogens (tertiary/aromatic N) is 3. The fourth-order valence-electron chi connectivity index (χ4n) is 3.55. The molecule has 7 nitrogen and oxygen atoms in total. The highest BCUT2D eigenvalue weighted by molar-refractivity contribution is 7.88. The molecule has 1 N–H and O–H groups in total. The van der Waals surface area contributed by atoms with Gasteiger partial charge in [0, 0.05) is 30.5 Å². The highest BCUT2D eigenvalue weighted by Crippen LogP contribution is 2.28. The van der Waals surface area contributed by atoms with Crippen LogP contribution in [0.4, 0.5) is 5.69 Å². The van der Waals surface area contributed by atoms with E-state index in [0.717, 1.165) is 17.2 Å². The van der Waals surface area contributed by atoms with Crippen molar-refractivity contribution in [3.05, 3.63) is 47.5 Å². The van der Waals surface area contributed by atoms with Crippen molar-refractivity contribution in [3.8, 4) is 0 Å². The number of piperidine rings is 1. The summed E-state index contributed by atoms with van der Waals surface area (Å²) in [6.45, 7) is 4.76. The van der Waals surface area contributed by atoms with Crippen molar-refractivity contribution in [2.45, 2.75) is 32.7 Å². The minimum atomic E-state index is -3.15. The van der Waals surface area contributed by atoms with E-state index in [1.807, 2.05) is 44.2 Å². The van der Waals surface area contributed by atoms with E-state index < -0.39 is 10.0 Å². The molecule has 1 aromatic heterocycles. The van der Waals surface area contributed by atoms with Gasteiger partial charge in [0.2, 0.25) is 10.0 Å². The molecule has 0 saturated carbocycles. The van der Waals surface area contributed by atoms with Gasteiger partial charge in [0.25, 0.3) is 5.91 Å². The van der Waals surface area contributed by atoms with E-state index in [1.54, 1.807) is 0 Å². The molecule has 0 atom stereocenters. The lowest BCUT2D eigenvalue weighted by Gasteiger charge is -2.32. The smallest absolute Gasteiger partial charge is 0.276 e. The summed E-state index contributed by atoms with van der Waals surface area (Å²) in [5.41, 5.74) is 1.95. The highest BCUT2D eigenvalue weighted by atomic mass is 32.2. The average molecular weight is 376 g/mol. The quantitative estimate of drug-likeness (QED) is 0.888. The summed E-state index contributed by atoms with van der Waals surface area (Å²) in [6, 6.07) is 9.43. The Hall–Kier alpha value is -2.19. The van der Waals surface area contributed by atoms with Gasteiger partial charge in [-0.05, 0) is 38.8 Å². The number of nitrogens with one attached hydrogen (secondary N) is 1. The van der Waals surface area contributed by atoms with Crippen LogP contribution in [0, 0.1) is 13.8 Å². The first kappa shape index (κ1) is 18.6. The minimum absolute atomic E-state index is 0.152. The number of anilines is 1. The van der Waals surface area contributed by atoms with Crippen molar-refractivity contribution in [1.29, 1.82) is 0 Å². The van der Waals surface area contributed by atoms with Crippen LogP contribution in [0.15, 0.2) is 30.3 Å². The number of aromatic nitrogens is 2. The third kappa shape index (κ3) is 3.81. The van der Waals surface area contributed by atoms with E-state index in [2.05, 4.69) is 14.9 Å². The summed E-state index contributed by atoms with van der Waals surface area (Å²) in [5.74, 6) is 0.544. The molecule has 1 aromatic carbocycles. The molecule has 2 aromatic rings. The molecule has 26 heavy (non-hydrogen) atoms. The number of amides is 1. The number of hydrogen-bond donors (Lipinski definition) is 1. The zero-order valence-electron chi connectivity index (χ0n) is 15.3. The lowest BCUT2D eigenvalue weighted by Crippen LogP contribution is -2.38. The van der Waals surface area contributed by atoms with Crippen LogP contribution in [-0.2, 0) is 10.0 Å². The number of imidazole rings is 1. The molecular weight excluding hydrogens is 352 g/mol. The Labute approximate surface area is 154 Å². The van der Waals surface area contributed by atoms with Gasteiger partial charge in [0.1, 0.15) is 11.5 Å². The summed E-state index contributed by atoms with van der Waals surface area (Å²) in [5, 5.41) is 2.87. The Morgan fingerprint density at radius 3 is 2.35 bits per heavy atom. The van der Waals surface area contributed by atoms with E-state index in [-0.39, 0.29) is 11.9 Å². The van der Waals surface area contributed by atoms with Gasteiger partial charge in [0.15, 0.2) is 0 Å². The fourth-order valence-corrected chi connectivity index (χ4v) is 4.42. The molecule has 140 valence electrons. The first-order valence-corrected chi connectivity index (χ1v) is 10.5. The molecule has 1 saturated heterocycles. The van der Waals surface area contributed by atoms with E-state index in [4.69, 9.17) is 0 Å². The molecule has 1 aliphatic heterocycles. The molecule has 2 heterocycles. The van der Waals surface area contributed by atoms with Crippen LogP contribution >= 0.6 is 0 Å². The second kappa shape index (κ2) is 7.20. The zero-order chi connectivity index (χ0) is 18.9. The van der Waals surface area contributed by atoms with E-state index >= 15 is 0 Å². The third-order valence-corrected chi connectivity index (χ3v) is 6.13. The van der Waals surface area contributed by atoms with Crippen molar-refractivity contribution in [2.75, 3.05) is 24.7 Å². The number of carbonyl (C=O) groups is 1. The van der Waals surface area contributed by atoms with Crippen molar-refractivity contribution >= 4 is 21.6 Å². The molecule has 1 fully saturated rings. The SMILES string of the molecule is Cc1nc(C(=O)Nc2ccccc2)c(C)n1C1CCN(S(C)(=O)=O)CC1. The van der Waals surface area contributed by atoms with Gasteiger partial charge >= 0.3 is 0 Å². The number of sulfonamides is 1. The van der Waals surface area contributed by atoms with Crippen LogP contribution in [0.5, 0.6) is 0 Å². The van der Waals surface area contributed by atoms with Crippen LogP contribution in [0.2, 0.25) is 0 Å². The second-order valence-electron chi connectivity index (χ2n) is 6.68. The standard InChI is InChI=1S/C18H24N4O3S/c1-13-17(18(23)20-15-7-5-4-6-8-15)19-14(2)22(13)16-9-11-21(12-10-16)26(3,24)25/h4-8,16H,9-12H2,1-3H3,(H,20,23). The predicted octanol–water partition coefficient (Wildman–Crippen LogP) is 2.35. The van der Waals surface area contributed by atoms with Crippen molar-refractivity contribution < 1.29 is 13.2 Å². The van der Waals surface area contributed by atoms with Gasteiger partial charge < -0.3 is 9.88 Å². The molecule has 8 heteroatoms. The minimum Gasteiger partial charge on any atom is -0.329 e. The average Bonchev–Trinajstić information content (AvgIpc) is 2.90. The number of para-hydroxylation sites is 1. The van der Waals surface area contributed by atoms with Gasteiger partial charge in [0.05, 0.1) is 6.26 Å². The molecule has 0 unspecified atom stereocenters. The summed E-state index contributed by atoms with van der Waals surface area (Å²) >= 11 is 0. The fraction of sp³-hybridized carbons (Fsp3) is 0.444. The van der Waals surface area contributed by atoms with Crippen LogP contribution in [0.3, 0.4) is 0 Å². The predicted molar refractivity (Wildman–Crippen MR) is 101 cm³/mol. The summed E-state index contributed by atoms with van der Waals surface area (Å²) in [6.07, 6.45) is 2.67. The van der Waals surface area contributed by atoms with E-state index in [9.17, 15) is 13.2 Å². The van der Waals surface area contributed by atoms with Gasteiger partial charge in [-0.3, -0.25) is 4.79 Å².